The minimum absolute atomic E-state index is 0. The van der Waals surface area contributed by atoms with E-state index in [1.807, 2.05) is 6.92 Å². The van der Waals surface area contributed by atoms with Crippen LogP contribution in [-0.4, -0.2) is 37.8 Å². The van der Waals surface area contributed by atoms with Crippen molar-refractivity contribution in [2.45, 2.75) is 37.6 Å². The minimum Gasteiger partial charge on any atom is -0.328 e. The first kappa shape index (κ1) is 20.8. The Morgan fingerprint density at radius 2 is 2.12 bits per heavy atom. The fraction of sp³-hybridized carbons (Fsp3) is 0.533. The SMILES string of the molecule is CC(=O)Nc1cc(S(=O)(=O)N2CCCC(C(C)N)C2)ccc1F.Cl. The van der Waals surface area contributed by atoms with Crippen LogP contribution in [0.25, 0.3) is 0 Å². The average Bonchev–Trinajstić information content (AvgIpc) is 2.49. The first-order chi connectivity index (χ1) is 10.7. The fourth-order valence-electron chi connectivity index (χ4n) is 2.72. The summed E-state index contributed by atoms with van der Waals surface area (Å²) < 4.78 is 40.6. The molecule has 1 saturated heterocycles. The lowest BCUT2D eigenvalue weighted by Gasteiger charge is -2.33. The van der Waals surface area contributed by atoms with Crippen molar-refractivity contribution in [1.82, 2.24) is 4.31 Å². The molecule has 2 unspecified atom stereocenters. The Bertz CT molecular complexity index is 697. The van der Waals surface area contributed by atoms with Gasteiger partial charge >= 0.3 is 0 Å². The number of sulfonamides is 1. The van der Waals surface area contributed by atoms with Gasteiger partial charge in [0.15, 0.2) is 0 Å². The van der Waals surface area contributed by atoms with Crippen molar-refractivity contribution in [3.63, 3.8) is 0 Å². The van der Waals surface area contributed by atoms with E-state index < -0.39 is 21.7 Å². The molecular weight excluding hydrogens is 357 g/mol. The summed E-state index contributed by atoms with van der Waals surface area (Å²) in [4.78, 5) is 11.1. The van der Waals surface area contributed by atoms with Gasteiger partial charge in [0.2, 0.25) is 15.9 Å². The number of anilines is 1. The first-order valence-electron chi connectivity index (χ1n) is 7.54. The van der Waals surface area contributed by atoms with E-state index in [0.29, 0.717) is 13.1 Å². The maximum atomic E-state index is 13.7. The number of amides is 1. The van der Waals surface area contributed by atoms with Crippen LogP contribution in [0.1, 0.15) is 26.7 Å². The standard InChI is InChI=1S/C15H22FN3O3S.ClH/c1-10(17)12-4-3-7-19(9-12)23(21,22)13-5-6-14(16)15(8-13)18-11(2)20;/h5-6,8,10,12H,3-4,7,9,17H2,1-2H3,(H,18,20);1H. The van der Waals surface area contributed by atoms with Gasteiger partial charge in [-0.05, 0) is 43.9 Å². The Morgan fingerprint density at radius 1 is 1.46 bits per heavy atom. The number of nitrogens with zero attached hydrogens (tertiary/aromatic N) is 1. The van der Waals surface area contributed by atoms with Crippen molar-refractivity contribution < 1.29 is 17.6 Å². The van der Waals surface area contributed by atoms with Gasteiger partial charge in [-0.25, -0.2) is 12.8 Å². The number of hydrogen-bond donors (Lipinski definition) is 2. The van der Waals surface area contributed by atoms with Gasteiger partial charge in [-0.3, -0.25) is 4.79 Å². The number of carbonyl (C=O) groups excluding carboxylic acids is 1. The van der Waals surface area contributed by atoms with Gasteiger partial charge in [-0.15, -0.1) is 12.4 Å². The highest BCUT2D eigenvalue weighted by molar-refractivity contribution is 7.89. The second kappa shape index (κ2) is 8.24. The molecule has 1 amide bonds. The molecule has 0 radical (unpaired) electrons. The zero-order valence-corrected chi connectivity index (χ0v) is 15.3. The first-order valence-corrected chi connectivity index (χ1v) is 8.98. The number of hydrogen-bond acceptors (Lipinski definition) is 4. The number of rotatable bonds is 4. The van der Waals surface area contributed by atoms with Crippen molar-refractivity contribution in [3.05, 3.63) is 24.0 Å². The molecule has 0 bridgehead atoms. The molecule has 0 spiro atoms. The van der Waals surface area contributed by atoms with Gasteiger partial charge < -0.3 is 11.1 Å². The molecule has 24 heavy (non-hydrogen) atoms. The van der Waals surface area contributed by atoms with Crippen LogP contribution in [0.4, 0.5) is 10.1 Å². The normalized spacial score (nSPS) is 20.1. The molecule has 1 aliphatic rings. The van der Waals surface area contributed by atoms with Crippen LogP contribution >= 0.6 is 12.4 Å². The molecule has 0 aromatic heterocycles. The Morgan fingerprint density at radius 3 is 2.71 bits per heavy atom. The second-order valence-electron chi connectivity index (χ2n) is 5.95. The van der Waals surface area contributed by atoms with Gasteiger partial charge in [0.25, 0.3) is 0 Å². The van der Waals surface area contributed by atoms with Gasteiger partial charge in [0, 0.05) is 26.1 Å². The quantitative estimate of drug-likeness (QED) is 0.836. The summed E-state index contributed by atoms with van der Waals surface area (Å²) in [6.45, 7) is 3.87. The molecule has 1 heterocycles. The Labute approximate surface area is 148 Å². The van der Waals surface area contributed by atoms with Crippen LogP contribution in [0.2, 0.25) is 0 Å². The van der Waals surface area contributed by atoms with E-state index in [1.54, 1.807) is 0 Å². The molecule has 3 N–H and O–H groups in total. The van der Waals surface area contributed by atoms with Gasteiger partial charge in [0.05, 0.1) is 10.6 Å². The number of benzene rings is 1. The molecule has 1 aliphatic heterocycles. The monoisotopic (exact) mass is 379 g/mol. The van der Waals surface area contributed by atoms with Crippen LogP contribution in [-0.2, 0) is 14.8 Å². The summed E-state index contributed by atoms with van der Waals surface area (Å²) in [7, 11) is -3.74. The van der Waals surface area contributed by atoms with Gasteiger partial charge in [0.1, 0.15) is 5.82 Å². The predicted molar refractivity (Wildman–Crippen MR) is 93.1 cm³/mol. The lowest BCUT2D eigenvalue weighted by molar-refractivity contribution is -0.114. The predicted octanol–water partition coefficient (Wildman–Crippen LogP) is 1.95. The number of nitrogens with one attached hydrogen (secondary N) is 1. The van der Waals surface area contributed by atoms with E-state index in [-0.39, 0.29) is 34.9 Å². The molecule has 0 aliphatic carbocycles. The topological polar surface area (TPSA) is 92.5 Å². The number of carbonyl (C=O) groups is 1. The van der Waals surface area contributed by atoms with Gasteiger partial charge in [-0.2, -0.15) is 4.31 Å². The number of piperidine rings is 1. The molecular formula is C15H23ClFN3O3S. The highest BCUT2D eigenvalue weighted by Gasteiger charge is 2.32. The molecule has 1 fully saturated rings. The summed E-state index contributed by atoms with van der Waals surface area (Å²) in [6, 6.07) is 3.33. The van der Waals surface area contributed by atoms with Crippen molar-refractivity contribution in [3.8, 4) is 0 Å². The second-order valence-corrected chi connectivity index (χ2v) is 7.89. The highest BCUT2D eigenvalue weighted by atomic mass is 35.5. The van der Waals surface area contributed by atoms with Crippen LogP contribution in [0, 0.1) is 11.7 Å². The lowest BCUT2D eigenvalue weighted by atomic mass is 9.93. The molecule has 2 atom stereocenters. The van der Waals surface area contributed by atoms with E-state index in [4.69, 9.17) is 5.73 Å². The van der Waals surface area contributed by atoms with Crippen LogP contribution in [0.5, 0.6) is 0 Å². The lowest BCUT2D eigenvalue weighted by Crippen LogP contribution is -2.44. The van der Waals surface area contributed by atoms with E-state index in [2.05, 4.69) is 5.32 Å². The van der Waals surface area contributed by atoms with Crippen molar-refractivity contribution in [2.75, 3.05) is 18.4 Å². The van der Waals surface area contributed by atoms with Crippen molar-refractivity contribution >= 4 is 34.0 Å². The largest absolute Gasteiger partial charge is 0.328 e. The zero-order valence-electron chi connectivity index (χ0n) is 13.7. The van der Waals surface area contributed by atoms with Crippen LogP contribution in [0.15, 0.2) is 23.1 Å². The Balaban J connectivity index is 0.00000288. The molecule has 2 rings (SSSR count). The minimum atomic E-state index is -3.74. The Kier molecular flexibility index (Phi) is 7.15. The maximum Gasteiger partial charge on any atom is 0.243 e. The number of nitrogens with two attached hydrogens (primary N) is 1. The van der Waals surface area contributed by atoms with Crippen molar-refractivity contribution in [1.29, 1.82) is 0 Å². The summed E-state index contributed by atoms with van der Waals surface area (Å²) in [5.74, 6) is -1.03. The summed E-state index contributed by atoms with van der Waals surface area (Å²) in [5.41, 5.74) is 5.75. The fourth-order valence-corrected chi connectivity index (χ4v) is 4.28. The van der Waals surface area contributed by atoms with Gasteiger partial charge in [-0.1, -0.05) is 0 Å². The number of halogens is 2. The van der Waals surface area contributed by atoms with E-state index in [0.717, 1.165) is 25.0 Å². The highest BCUT2D eigenvalue weighted by Crippen LogP contribution is 2.27. The molecule has 1 aromatic rings. The maximum absolute atomic E-state index is 13.7. The Hall–Kier alpha value is -1.22. The molecule has 136 valence electrons. The smallest absolute Gasteiger partial charge is 0.243 e. The van der Waals surface area contributed by atoms with E-state index in [9.17, 15) is 17.6 Å². The third-order valence-corrected chi connectivity index (χ3v) is 5.91. The molecule has 0 saturated carbocycles. The van der Waals surface area contributed by atoms with Crippen LogP contribution < -0.4 is 11.1 Å². The summed E-state index contributed by atoms with van der Waals surface area (Å²) in [5, 5.41) is 2.30. The van der Waals surface area contributed by atoms with Crippen molar-refractivity contribution in [2.24, 2.45) is 11.7 Å². The molecule has 1 aromatic carbocycles. The van der Waals surface area contributed by atoms with Crippen LogP contribution in [0.3, 0.4) is 0 Å². The molecule has 6 nitrogen and oxygen atoms in total. The average molecular weight is 380 g/mol. The summed E-state index contributed by atoms with van der Waals surface area (Å²) >= 11 is 0. The molecule has 9 heteroatoms. The zero-order chi connectivity index (χ0) is 17.2. The third kappa shape index (κ3) is 4.66. The summed E-state index contributed by atoms with van der Waals surface area (Å²) in [6.07, 6.45) is 1.63. The van der Waals surface area contributed by atoms with E-state index in [1.165, 1.54) is 17.3 Å². The third-order valence-electron chi connectivity index (χ3n) is 4.05. The van der Waals surface area contributed by atoms with E-state index >= 15 is 0 Å².